The first kappa shape index (κ1) is 12.0. The van der Waals surface area contributed by atoms with Crippen molar-refractivity contribution in [2.24, 2.45) is 0 Å². The summed E-state index contributed by atoms with van der Waals surface area (Å²) in [4.78, 5) is 21.3. The van der Waals surface area contributed by atoms with Crippen molar-refractivity contribution in [2.75, 3.05) is 0 Å². The second-order valence-electron chi connectivity index (χ2n) is 3.03. The van der Waals surface area contributed by atoms with Crippen molar-refractivity contribution in [3.05, 3.63) is 30.1 Å². The molecule has 1 amide bonds. The van der Waals surface area contributed by atoms with Gasteiger partial charge in [-0.3, -0.25) is 9.48 Å². The van der Waals surface area contributed by atoms with Crippen LogP contribution in [0.3, 0.4) is 0 Å². The second-order valence-corrected chi connectivity index (χ2v) is 3.03. The summed E-state index contributed by atoms with van der Waals surface area (Å²) in [5.41, 5.74) is 0.875. The minimum Gasteiger partial charge on any atom is -0.478 e. The predicted octanol–water partition coefficient (Wildman–Crippen LogP) is 0.160. The van der Waals surface area contributed by atoms with Crippen LogP contribution < -0.4 is 5.32 Å². The topological polar surface area (TPSA) is 84.2 Å². The normalized spacial score (nSPS) is 10.6. The molecule has 0 aliphatic heterocycles. The van der Waals surface area contributed by atoms with Gasteiger partial charge in [0.15, 0.2) is 0 Å². The van der Waals surface area contributed by atoms with Crippen LogP contribution in [0, 0.1) is 0 Å². The SMILES string of the molecule is CCn1nccc1CNC(=O)C=CC(=O)O. The molecule has 0 fully saturated rings. The molecule has 0 aliphatic rings. The molecule has 16 heavy (non-hydrogen) atoms. The van der Waals surface area contributed by atoms with Gasteiger partial charge in [-0.2, -0.15) is 5.10 Å². The molecule has 0 unspecified atom stereocenters. The average Bonchev–Trinajstić information content (AvgIpc) is 2.70. The Bertz CT molecular complexity index is 409. The van der Waals surface area contributed by atoms with E-state index in [9.17, 15) is 9.59 Å². The van der Waals surface area contributed by atoms with E-state index in [2.05, 4.69) is 10.4 Å². The maximum absolute atomic E-state index is 11.2. The summed E-state index contributed by atoms with van der Waals surface area (Å²) in [6.07, 6.45) is 3.43. The van der Waals surface area contributed by atoms with Gasteiger partial charge in [0.1, 0.15) is 0 Å². The van der Waals surface area contributed by atoms with E-state index in [-0.39, 0.29) is 0 Å². The minimum absolute atomic E-state index is 0.330. The highest BCUT2D eigenvalue weighted by atomic mass is 16.4. The lowest BCUT2D eigenvalue weighted by atomic mass is 10.4. The number of amides is 1. The predicted molar refractivity (Wildman–Crippen MR) is 56.5 cm³/mol. The van der Waals surface area contributed by atoms with E-state index < -0.39 is 11.9 Å². The molecular formula is C10H13N3O3. The van der Waals surface area contributed by atoms with Crippen LogP contribution in [0.4, 0.5) is 0 Å². The summed E-state index contributed by atoms with van der Waals surface area (Å²) in [7, 11) is 0. The summed E-state index contributed by atoms with van der Waals surface area (Å²) in [6, 6.07) is 1.80. The number of aliphatic carboxylic acids is 1. The van der Waals surface area contributed by atoms with Crippen molar-refractivity contribution >= 4 is 11.9 Å². The number of carbonyl (C=O) groups is 2. The first-order valence-corrected chi connectivity index (χ1v) is 4.83. The zero-order valence-electron chi connectivity index (χ0n) is 8.88. The van der Waals surface area contributed by atoms with Gasteiger partial charge in [0.2, 0.25) is 5.91 Å². The summed E-state index contributed by atoms with van der Waals surface area (Å²) in [5, 5.41) is 14.9. The monoisotopic (exact) mass is 223 g/mol. The Labute approximate surface area is 92.6 Å². The lowest BCUT2D eigenvalue weighted by molar-refractivity contribution is -0.131. The van der Waals surface area contributed by atoms with Gasteiger partial charge in [-0.1, -0.05) is 0 Å². The Morgan fingerprint density at radius 3 is 2.94 bits per heavy atom. The van der Waals surface area contributed by atoms with Crippen LogP contribution in [0.1, 0.15) is 12.6 Å². The smallest absolute Gasteiger partial charge is 0.328 e. The van der Waals surface area contributed by atoms with E-state index in [1.807, 2.05) is 6.92 Å². The number of carboxylic acids is 1. The molecule has 0 saturated heterocycles. The van der Waals surface area contributed by atoms with E-state index in [4.69, 9.17) is 5.11 Å². The Hall–Kier alpha value is -2.11. The van der Waals surface area contributed by atoms with Crippen LogP contribution in [0.2, 0.25) is 0 Å². The molecule has 6 nitrogen and oxygen atoms in total. The molecule has 0 spiro atoms. The number of carbonyl (C=O) groups excluding carboxylic acids is 1. The van der Waals surface area contributed by atoms with E-state index in [0.717, 1.165) is 24.4 Å². The van der Waals surface area contributed by atoms with E-state index >= 15 is 0 Å². The van der Waals surface area contributed by atoms with Crippen molar-refractivity contribution in [3.8, 4) is 0 Å². The number of hydrogen-bond donors (Lipinski definition) is 2. The van der Waals surface area contributed by atoms with Crippen molar-refractivity contribution in [1.82, 2.24) is 15.1 Å². The molecule has 86 valence electrons. The van der Waals surface area contributed by atoms with Crippen molar-refractivity contribution in [2.45, 2.75) is 20.0 Å². The zero-order chi connectivity index (χ0) is 12.0. The Kier molecular flexibility index (Phi) is 4.26. The third-order valence-corrected chi connectivity index (χ3v) is 1.93. The first-order chi connectivity index (χ1) is 7.63. The van der Waals surface area contributed by atoms with Crippen LogP contribution in [0.25, 0.3) is 0 Å². The molecule has 0 aromatic carbocycles. The number of aryl methyl sites for hydroxylation is 1. The van der Waals surface area contributed by atoms with Gasteiger partial charge >= 0.3 is 5.97 Å². The number of nitrogens with one attached hydrogen (secondary N) is 1. The fraction of sp³-hybridized carbons (Fsp3) is 0.300. The molecule has 0 aliphatic carbocycles. The fourth-order valence-corrected chi connectivity index (χ4v) is 1.18. The highest BCUT2D eigenvalue weighted by molar-refractivity contribution is 5.93. The summed E-state index contributed by atoms with van der Waals surface area (Å²) < 4.78 is 1.75. The van der Waals surface area contributed by atoms with E-state index in [1.165, 1.54) is 0 Å². The largest absolute Gasteiger partial charge is 0.478 e. The molecule has 0 saturated carbocycles. The third kappa shape index (κ3) is 3.56. The van der Waals surface area contributed by atoms with Crippen molar-refractivity contribution < 1.29 is 14.7 Å². The molecule has 1 aromatic rings. The zero-order valence-corrected chi connectivity index (χ0v) is 8.88. The van der Waals surface area contributed by atoms with Gasteiger partial charge in [0.25, 0.3) is 0 Å². The maximum Gasteiger partial charge on any atom is 0.328 e. The number of aromatic nitrogens is 2. The van der Waals surface area contributed by atoms with Gasteiger partial charge in [0, 0.05) is 24.9 Å². The molecule has 2 N–H and O–H groups in total. The number of nitrogens with zero attached hydrogens (tertiary/aromatic N) is 2. The van der Waals surface area contributed by atoms with E-state index in [1.54, 1.807) is 16.9 Å². The lowest BCUT2D eigenvalue weighted by Crippen LogP contribution is -2.22. The van der Waals surface area contributed by atoms with Crippen LogP contribution in [-0.4, -0.2) is 26.8 Å². The first-order valence-electron chi connectivity index (χ1n) is 4.83. The molecule has 6 heteroatoms. The van der Waals surface area contributed by atoms with Crippen molar-refractivity contribution in [1.29, 1.82) is 0 Å². The average molecular weight is 223 g/mol. The number of carboxylic acid groups (broad SMARTS) is 1. The molecule has 0 atom stereocenters. The Balaban J connectivity index is 2.46. The quantitative estimate of drug-likeness (QED) is 0.696. The molecule has 0 radical (unpaired) electrons. The Morgan fingerprint density at radius 2 is 2.31 bits per heavy atom. The molecule has 1 heterocycles. The molecule has 1 rings (SSSR count). The molecule has 1 aromatic heterocycles. The second kappa shape index (κ2) is 5.69. The number of hydrogen-bond acceptors (Lipinski definition) is 3. The van der Waals surface area contributed by atoms with Gasteiger partial charge in [-0.15, -0.1) is 0 Å². The summed E-state index contributed by atoms with van der Waals surface area (Å²) >= 11 is 0. The van der Waals surface area contributed by atoms with Crippen LogP contribution in [-0.2, 0) is 22.7 Å². The van der Waals surface area contributed by atoms with Crippen LogP contribution in [0.15, 0.2) is 24.4 Å². The third-order valence-electron chi connectivity index (χ3n) is 1.93. The summed E-state index contributed by atoms with van der Waals surface area (Å²) in [5.74, 6) is -1.58. The van der Waals surface area contributed by atoms with Gasteiger partial charge in [-0.05, 0) is 13.0 Å². The fourth-order valence-electron chi connectivity index (χ4n) is 1.18. The minimum atomic E-state index is -1.14. The highest BCUT2D eigenvalue weighted by Crippen LogP contribution is 1.97. The highest BCUT2D eigenvalue weighted by Gasteiger charge is 2.02. The van der Waals surface area contributed by atoms with Crippen molar-refractivity contribution in [3.63, 3.8) is 0 Å². The lowest BCUT2D eigenvalue weighted by Gasteiger charge is -2.04. The molecule has 0 bridgehead atoms. The Morgan fingerprint density at radius 1 is 1.56 bits per heavy atom. The van der Waals surface area contributed by atoms with Crippen LogP contribution in [0.5, 0.6) is 0 Å². The standard InChI is InChI=1S/C10H13N3O3/c1-2-13-8(5-6-12-13)7-11-9(14)3-4-10(15)16/h3-6H,2,7H2,1H3,(H,11,14)(H,15,16). The number of rotatable bonds is 5. The maximum atomic E-state index is 11.2. The van der Waals surface area contributed by atoms with Gasteiger partial charge in [-0.25, -0.2) is 4.79 Å². The van der Waals surface area contributed by atoms with Crippen LogP contribution >= 0.6 is 0 Å². The van der Waals surface area contributed by atoms with Gasteiger partial charge < -0.3 is 10.4 Å². The van der Waals surface area contributed by atoms with Gasteiger partial charge in [0.05, 0.1) is 12.2 Å². The van der Waals surface area contributed by atoms with E-state index in [0.29, 0.717) is 6.54 Å². The summed E-state index contributed by atoms with van der Waals surface area (Å²) in [6.45, 7) is 3.00. The molecular weight excluding hydrogens is 210 g/mol.